The zero-order chi connectivity index (χ0) is 12.3. The predicted octanol–water partition coefficient (Wildman–Crippen LogP) is 0.281. The molecule has 0 spiro atoms. The van der Waals surface area contributed by atoms with Gasteiger partial charge in [-0.2, -0.15) is 0 Å². The van der Waals surface area contributed by atoms with Crippen LogP contribution in [0.25, 0.3) is 0 Å². The summed E-state index contributed by atoms with van der Waals surface area (Å²) in [6.45, 7) is 2.33. The number of carboxylic acids is 1. The number of carbonyl (C=O) groups is 2. The Morgan fingerprint density at radius 3 is 2.47 bits per heavy atom. The van der Waals surface area contributed by atoms with Crippen LogP contribution in [0.2, 0.25) is 0 Å². The fraction of sp³-hybridized carbons (Fsp3) is 0.818. The average Bonchev–Trinajstić information content (AvgIpc) is 2.82. The van der Waals surface area contributed by atoms with Crippen LogP contribution < -0.4 is 5.32 Å². The molecule has 17 heavy (non-hydrogen) atoms. The molecule has 0 saturated carbocycles. The second-order valence-electron chi connectivity index (χ2n) is 4.61. The Morgan fingerprint density at radius 2 is 1.94 bits per heavy atom. The predicted molar refractivity (Wildman–Crippen MR) is 59.7 cm³/mol. The van der Waals surface area contributed by atoms with Gasteiger partial charge in [0.1, 0.15) is 0 Å². The van der Waals surface area contributed by atoms with Crippen molar-refractivity contribution in [3.63, 3.8) is 0 Å². The molecule has 0 aromatic heterocycles. The monoisotopic (exact) mass is 242 g/mol. The Bertz CT molecular complexity index is 294. The van der Waals surface area contributed by atoms with Crippen molar-refractivity contribution >= 4 is 12.0 Å². The number of hydrogen-bond donors (Lipinski definition) is 2. The van der Waals surface area contributed by atoms with E-state index in [2.05, 4.69) is 5.32 Å². The first-order valence-electron chi connectivity index (χ1n) is 6.03. The molecule has 6 heteroatoms. The van der Waals surface area contributed by atoms with Crippen LogP contribution in [0.5, 0.6) is 0 Å². The highest BCUT2D eigenvalue weighted by atomic mass is 16.5. The number of piperidine rings is 1. The Kier molecular flexibility index (Phi) is 3.83. The fourth-order valence-electron chi connectivity index (χ4n) is 2.24. The summed E-state index contributed by atoms with van der Waals surface area (Å²) in [5.41, 5.74) is 0. The fourth-order valence-corrected chi connectivity index (χ4v) is 2.24. The van der Waals surface area contributed by atoms with E-state index in [4.69, 9.17) is 9.84 Å². The summed E-state index contributed by atoms with van der Waals surface area (Å²) in [5.74, 6) is -1.05. The van der Waals surface area contributed by atoms with Crippen molar-refractivity contribution in [2.45, 2.75) is 25.3 Å². The van der Waals surface area contributed by atoms with Crippen molar-refractivity contribution in [2.24, 2.45) is 5.92 Å². The van der Waals surface area contributed by atoms with Crippen molar-refractivity contribution in [3.05, 3.63) is 0 Å². The summed E-state index contributed by atoms with van der Waals surface area (Å²) in [4.78, 5) is 24.3. The van der Waals surface area contributed by atoms with Gasteiger partial charge in [-0.3, -0.25) is 4.79 Å². The number of amides is 2. The zero-order valence-electron chi connectivity index (χ0n) is 9.72. The molecular weight excluding hydrogens is 224 g/mol. The summed E-state index contributed by atoms with van der Waals surface area (Å²) < 4.78 is 5.18. The van der Waals surface area contributed by atoms with Gasteiger partial charge in [0, 0.05) is 19.7 Å². The number of ether oxygens (including phenoxy) is 1. The van der Waals surface area contributed by atoms with Gasteiger partial charge in [0.25, 0.3) is 0 Å². The summed E-state index contributed by atoms with van der Waals surface area (Å²) in [6.07, 6.45) is 1.95. The number of carbonyl (C=O) groups excluding carboxylic acids is 1. The lowest BCUT2D eigenvalue weighted by Crippen LogP contribution is -2.48. The van der Waals surface area contributed by atoms with Gasteiger partial charge in [0.15, 0.2) is 0 Å². The minimum Gasteiger partial charge on any atom is -0.481 e. The molecule has 0 aromatic carbocycles. The largest absolute Gasteiger partial charge is 0.481 e. The highest BCUT2D eigenvalue weighted by Crippen LogP contribution is 2.17. The molecule has 2 aliphatic heterocycles. The molecule has 6 nitrogen and oxygen atoms in total. The number of nitrogens with zero attached hydrogens (tertiary/aromatic N) is 1. The minimum atomic E-state index is -0.755. The Morgan fingerprint density at radius 1 is 1.24 bits per heavy atom. The number of rotatable bonds is 2. The highest BCUT2D eigenvalue weighted by Gasteiger charge is 2.28. The third-order valence-corrected chi connectivity index (χ3v) is 3.39. The Labute approximate surface area is 99.9 Å². The maximum atomic E-state index is 11.8. The third-order valence-electron chi connectivity index (χ3n) is 3.39. The molecule has 1 unspecified atom stereocenters. The van der Waals surface area contributed by atoms with Crippen molar-refractivity contribution in [3.8, 4) is 0 Å². The second kappa shape index (κ2) is 5.35. The maximum absolute atomic E-state index is 11.8. The second-order valence-corrected chi connectivity index (χ2v) is 4.61. The van der Waals surface area contributed by atoms with E-state index in [0.717, 1.165) is 6.42 Å². The van der Waals surface area contributed by atoms with Gasteiger partial charge in [0.05, 0.1) is 18.6 Å². The smallest absolute Gasteiger partial charge is 0.317 e. The molecule has 2 rings (SSSR count). The molecule has 0 aliphatic carbocycles. The van der Waals surface area contributed by atoms with Crippen molar-refractivity contribution in [2.75, 3.05) is 26.3 Å². The lowest BCUT2D eigenvalue weighted by Gasteiger charge is -2.31. The van der Waals surface area contributed by atoms with Gasteiger partial charge in [-0.25, -0.2) is 4.79 Å². The van der Waals surface area contributed by atoms with Crippen molar-refractivity contribution < 1.29 is 19.4 Å². The van der Waals surface area contributed by atoms with Crippen LogP contribution in [-0.2, 0) is 9.53 Å². The van der Waals surface area contributed by atoms with E-state index in [9.17, 15) is 9.59 Å². The van der Waals surface area contributed by atoms with Gasteiger partial charge >= 0.3 is 12.0 Å². The Hall–Kier alpha value is -1.30. The van der Waals surface area contributed by atoms with Crippen molar-refractivity contribution in [1.82, 2.24) is 10.2 Å². The van der Waals surface area contributed by atoms with Crippen LogP contribution in [-0.4, -0.2) is 54.4 Å². The lowest BCUT2D eigenvalue weighted by molar-refractivity contribution is -0.143. The third kappa shape index (κ3) is 3.09. The summed E-state index contributed by atoms with van der Waals surface area (Å²) in [5, 5.41) is 11.8. The number of urea groups is 1. The van der Waals surface area contributed by atoms with Crippen LogP contribution in [0.3, 0.4) is 0 Å². The van der Waals surface area contributed by atoms with Gasteiger partial charge in [-0.1, -0.05) is 0 Å². The van der Waals surface area contributed by atoms with Gasteiger partial charge in [0.2, 0.25) is 0 Å². The summed E-state index contributed by atoms with van der Waals surface area (Å²) in [6, 6.07) is 0.0176. The first kappa shape index (κ1) is 12.2. The topological polar surface area (TPSA) is 78.9 Å². The number of likely N-dealkylation sites (tertiary alicyclic amines) is 1. The molecule has 0 bridgehead atoms. The zero-order valence-corrected chi connectivity index (χ0v) is 9.72. The molecule has 2 saturated heterocycles. The highest BCUT2D eigenvalue weighted by molar-refractivity contribution is 5.75. The quantitative estimate of drug-likeness (QED) is 0.729. The molecule has 2 fully saturated rings. The van der Waals surface area contributed by atoms with Crippen LogP contribution >= 0.6 is 0 Å². The average molecular weight is 242 g/mol. The normalized spacial score (nSPS) is 25.9. The molecule has 2 N–H and O–H groups in total. The summed E-state index contributed by atoms with van der Waals surface area (Å²) >= 11 is 0. The number of aliphatic carboxylic acids is 1. The van der Waals surface area contributed by atoms with E-state index in [-0.39, 0.29) is 18.0 Å². The molecule has 2 aliphatic rings. The van der Waals surface area contributed by atoms with Crippen LogP contribution in [0.4, 0.5) is 4.79 Å². The van der Waals surface area contributed by atoms with Crippen molar-refractivity contribution in [1.29, 1.82) is 0 Å². The van der Waals surface area contributed by atoms with E-state index in [1.54, 1.807) is 4.90 Å². The van der Waals surface area contributed by atoms with E-state index in [1.165, 1.54) is 0 Å². The van der Waals surface area contributed by atoms with Gasteiger partial charge in [-0.05, 0) is 19.3 Å². The number of carboxylic acid groups (broad SMARTS) is 1. The maximum Gasteiger partial charge on any atom is 0.317 e. The number of hydrogen-bond acceptors (Lipinski definition) is 3. The minimum absolute atomic E-state index is 0.0932. The van der Waals surface area contributed by atoms with E-state index in [0.29, 0.717) is 39.1 Å². The standard InChI is InChI=1S/C11H18N2O4/c14-10(15)8-1-4-13(5-2-8)11(16)12-9-3-6-17-7-9/h8-9H,1-7H2,(H,12,16)(H,14,15). The molecule has 96 valence electrons. The van der Waals surface area contributed by atoms with Gasteiger partial charge < -0.3 is 20.1 Å². The molecule has 0 aromatic rings. The SMILES string of the molecule is O=C(O)C1CCN(C(=O)NC2CCOC2)CC1. The van der Waals surface area contributed by atoms with Crippen LogP contribution in [0, 0.1) is 5.92 Å². The first-order valence-corrected chi connectivity index (χ1v) is 6.03. The molecule has 1 atom stereocenters. The first-order chi connectivity index (χ1) is 8.16. The number of nitrogens with one attached hydrogen (secondary N) is 1. The Balaban J connectivity index is 1.75. The summed E-state index contributed by atoms with van der Waals surface area (Å²) in [7, 11) is 0. The van der Waals surface area contributed by atoms with E-state index in [1.807, 2.05) is 0 Å². The van der Waals surface area contributed by atoms with Crippen LogP contribution in [0.15, 0.2) is 0 Å². The van der Waals surface area contributed by atoms with Gasteiger partial charge in [-0.15, -0.1) is 0 Å². The van der Waals surface area contributed by atoms with Crippen LogP contribution in [0.1, 0.15) is 19.3 Å². The molecule has 2 amide bonds. The molecule has 0 radical (unpaired) electrons. The molecule has 2 heterocycles. The lowest BCUT2D eigenvalue weighted by atomic mass is 9.97. The van der Waals surface area contributed by atoms with E-state index >= 15 is 0 Å². The molecular formula is C11H18N2O4. The van der Waals surface area contributed by atoms with E-state index < -0.39 is 5.97 Å².